The molecular formula is C20H25ClFN3O4S. The predicted octanol–water partition coefficient (Wildman–Crippen LogP) is 2.84. The van der Waals surface area contributed by atoms with Crippen LogP contribution in [0.2, 0.25) is 0 Å². The molecule has 0 aliphatic carbocycles. The molecule has 2 fully saturated rings. The molecule has 3 aliphatic heterocycles. The van der Waals surface area contributed by atoms with Crippen LogP contribution < -0.4 is 19.9 Å². The van der Waals surface area contributed by atoms with Crippen LogP contribution in [0.25, 0.3) is 0 Å². The lowest BCUT2D eigenvalue weighted by Gasteiger charge is -2.34. The first-order valence-corrected chi connectivity index (χ1v) is 11.6. The molecule has 0 bridgehead atoms. The van der Waals surface area contributed by atoms with Gasteiger partial charge in [-0.05, 0) is 18.5 Å². The fourth-order valence-electron chi connectivity index (χ4n) is 3.94. The largest absolute Gasteiger partial charge is 0.489 e. The van der Waals surface area contributed by atoms with Gasteiger partial charge in [0.15, 0.2) is 0 Å². The Morgan fingerprint density at radius 1 is 1.33 bits per heavy atom. The highest BCUT2D eigenvalue weighted by atomic mass is 35.5. The summed E-state index contributed by atoms with van der Waals surface area (Å²) in [6.45, 7) is 5.75. The van der Waals surface area contributed by atoms with E-state index in [0.717, 1.165) is 24.6 Å². The zero-order chi connectivity index (χ0) is 21.4. The second-order valence-corrected chi connectivity index (χ2v) is 9.43. The molecule has 0 radical (unpaired) electrons. The van der Waals surface area contributed by atoms with Crippen molar-refractivity contribution in [2.75, 3.05) is 47.5 Å². The van der Waals surface area contributed by atoms with Crippen molar-refractivity contribution < 1.29 is 23.5 Å². The second kappa shape index (κ2) is 8.80. The smallest absolute Gasteiger partial charge is 0.415 e. The summed E-state index contributed by atoms with van der Waals surface area (Å²) in [5.41, 5.74) is 0.899. The summed E-state index contributed by atoms with van der Waals surface area (Å²) in [7, 11) is 0. The maximum atomic E-state index is 14.9. The van der Waals surface area contributed by atoms with Crippen LogP contribution in [0.5, 0.6) is 5.75 Å². The molecule has 0 spiro atoms. The number of hydrogen-bond acceptors (Lipinski definition) is 7. The van der Waals surface area contributed by atoms with E-state index in [1.165, 1.54) is 11.0 Å². The predicted molar refractivity (Wildman–Crippen MR) is 115 cm³/mol. The van der Waals surface area contributed by atoms with Crippen LogP contribution in [-0.4, -0.2) is 67.3 Å². The van der Waals surface area contributed by atoms with Crippen molar-refractivity contribution in [3.63, 3.8) is 0 Å². The number of carbonyl (C=O) groups excluding carboxylic acids is 2. The topological polar surface area (TPSA) is 71.1 Å². The monoisotopic (exact) mass is 457 g/mol. The molecule has 0 aromatic heterocycles. The van der Waals surface area contributed by atoms with E-state index >= 15 is 0 Å². The molecule has 10 heteroatoms. The van der Waals surface area contributed by atoms with Crippen molar-refractivity contribution in [3.8, 4) is 5.75 Å². The highest BCUT2D eigenvalue weighted by molar-refractivity contribution is 7.99. The van der Waals surface area contributed by atoms with E-state index < -0.39 is 17.4 Å². The fourth-order valence-corrected chi connectivity index (χ4v) is 5.03. The van der Waals surface area contributed by atoms with Gasteiger partial charge in [0.05, 0.1) is 11.4 Å². The molecule has 7 nitrogen and oxygen atoms in total. The first-order chi connectivity index (χ1) is 14.4. The lowest BCUT2D eigenvalue weighted by molar-refractivity contribution is -0.115. The van der Waals surface area contributed by atoms with Crippen molar-refractivity contribution in [2.24, 2.45) is 5.92 Å². The Morgan fingerprint density at radius 2 is 2.07 bits per heavy atom. The maximum Gasteiger partial charge on any atom is 0.415 e. The number of nitrogens with zero attached hydrogens (tertiary/aromatic N) is 2. The highest BCUT2D eigenvalue weighted by Crippen LogP contribution is 2.42. The van der Waals surface area contributed by atoms with E-state index in [1.54, 1.807) is 13.0 Å². The molecule has 2 unspecified atom stereocenters. The number of amides is 1. The molecule has 30 heavy (non-hydrogen) atoms. The van der Waals surface area contributed by atoms with Crippen LogP contribution >= 0.6 is 23.4 Å². The number of ether oxygens (including phenoxy) is 2. The van der Waals surface area contributed by atoms with E-state index in [9.17, 15) is 14.0 Å². The van der Waals surface area contributed by atoms with Gasteiger partial charge in [0, 0.05) is 55.2 Å². The lowest BCUT2D eigenvalue weighted by Crippen LogP contribution is -2.49. The summed E-state index contributed by atoms with van der Waals surface area (Å²) < 4.78 is 26.4. The van der Waals surface area contributed by atoms with Gasteiger partial charge >= 0.3 is 6.09 Å². The van der Waals surface area contributed by atoms with Gasteiger partial charge in [-0.1, -0.05) is 6.92 Å². The van der Waals surface area contributed by atoms with E-state index in [2.05, 4.69) is 5.32 Å². The number of nitrogens with one attached hydrogen (secondary N) is 1. The minimum absolute atomic E-state index is 0.178. The third kappa shape index (κ3) is 4.07. The average Bonchev–Trinajstić information content (AvgIpc) is 3.07. The standard InChI is InChI=1S/C20H25ClFN3O4S/c1-11(19(21)26)12(2)23-9-18-16-10-28-17-8-14(24-3-5-30-6-4-24)13(22)7-15(17)25(16)20(27)29-18/h7-8,11-12,16,18,23H,3-6,9-10H2,1-2H3/t11?,12?,16-,18-/m0/s1. The Bertz CT molecular complexity index is 839. The summed E-state index contributed by atoms with van der Waals surface area (Å²) in [6, 6.07) is 2.50. The molecule has 1 aromatic rings. The number of carbonyl (C=O) groups is 2. The second-order valence-electron chi connectivity index (χ2n) is 7.83. The first-order valence-electron chi connectivity index (χ1n) is 10.1. The van der Waals surface area contributed by atoms with Gasteiger partial charge in [0.2, 0.25) is 5.24 Å². The van der Waals surface area contributed by atoms with Crippen molar-refractivity contribution in [1.29, 1.82) is 0 Å². The zero-order valence-electron chi connectivity index (χ0n) is 16.9. The Labute approximate surface area is 184 Å². The van der Waals surface area contributed by atoms with Crippen LogP contribution in [0.4, 0.5) is 20.6 Å². The molecule has 1 N–H and O–H groups in total. The van der Waals surface area contributed by atoms with Crippen LogP contribution in [0.1, 0.15) is 13.8 Å². The van der Waals surface area contributed by atoms with Crippen molar-refractivity contribution >= 4 is 46.1 Å². The van der Waals surface area contributed by atoms with E-state index in [0.29, 0.717) is 23.7 Å². The number of hydrogen-bond donors (Lipinski definition) is 1. The molecule has 4 rings (SSSR count). The molecule has 3 heterocycles. The van der Waals surface area contributed by atoms with Gasteiger partial charge in [-0.2, -0.15) is 11.8 Å². The van der Waals surface area contributed by atoms with Gasteiger partial charge in [-0.15, -0.1) is 0 Å². The van der Waals surface area contributed by atoms with Gasteiger partial charge in [0.1, 0.15) is 30.3 Å². The van der Waals surface area contributed by atoms with Gasteiger partial charge in [-0.25, -0.2) is 9.18 Å². The summed E-state index contributed by atoms with van der Waals surface area (Å²) in [6.07, 6.45) is -1.00. The Balaban J connectivity index is 1.50. The Kier molecular flexibility index (Phi) is 6.31. The van der Waals surface area contributed by atoms with Crippen molar-refractivity contribution in [3.05, 3.63) is 17.9 Å². The maximum absolute atomic E-state index is 14.9. The third-order valence-electron chi connectivity index (χ3n) is 6.01. The van der Waals surface area contributed by atoms with Gasteiger partial charge < -0.3 is 19.7 Å². The summed E-state index contributed by atoms with van der Waals surface area (Å²) in [5.74, 6) is 1.66. The molecular weight excluding hydrogens is 433 g/mol. The Hall–Kier alpha value is -1.71. The number of thioether (sulfide) groups is 1. The quantitative estimate of drug-likeness (QED) is 0.658. The summed E-state index contributed by atoms with van der Waals surface area (Å²) in [5, 5.41) is 2.78. The van der Waals surface area contributed by atoms with Crippen LogP contribution in [0.3, 0.4) is 0 Å². The molecule has 1 aromatic carbocycles. The zero-order valence-corrected chi connectivity index (χ0v) is 18.5. The molecule has 2 saturated heterocycles. The number of cyclic esters (lactones) is 1. The molecule has 0 saturated carbocycles. The fraction of sp³-hybridized carbons (Fsp3) is 0.600. The van der Waals surface area contributed by atoms with Gasteiger partial charge in [-0.3, -0.25) is 9.69 Å². The van der Waals surface area contributed by atoms with Crippen LogP contribution in [0.15, 0.2) is 12.1 Å². The van der Waals surface area contributed by atoms with Crippen molar-refractivity contribution in [2.45, 2.75) is 32.0 Å². The minimum Gasteiger partial charge on any atom is -0.489 e. The summed E-state index contributed by atoms with van der Waals surface area (Å²) in [4.78, 5) is 27.4. The molecule has 1 amide bonds. The van der Waals surface area contributed by atoms with E-state index in [-0.39, 0.29) is 30.4 Å². The van der Waals surface area contributed by atoms with Crippen LogP contribution in [0, 0.1) is 11.7 Å². The SMILES string of the molecule is CC(NC[C@@H]1OC(=O)N2c3cc(F)c(N4CCSCC4)cc3OC[C@@H]12)C(C)C(=O)Cl. The molecule has 4 atom stereocenters. The van der Waals surface area contributed by atoms with E-state index in [4.69, 9.17) is 21.1 Å². The third-order valence-corrected chi connectivity index (χ3v) is 7.29. The number of halogens is 2. The normalized spacial score (nSPS) is 25.1. The average molecular weight is 458 g/mol. The van der Waals surface area contributed by atoms with Crippen LogP contribution in [-0.2, 0) is 9.53 Å². The van der Waals surface area contributed by atoms with Gasteiger partial charge in [0.25, 0.3) is 0 Å². The highest BCUT2D eigenvalue weighted by Gasteiger charge is 2.47. The lowest BCUT2D eigenvalue weighted by atomic mass is 10.0. The first kappa shape index (κ1) is 21.5. The Morgan fingerprint density at radius 3 is 2.77 bits per heavy atom. The minimum atomic E-state index is -0.521. The summed E-state index contributed by atoms with van der Waals surface area (Å²) >= 11 is 7.41. The van der Waals surface area contributed by atoms with E-state index in [1.807, 2.05) is 23.6 Å². The number of rotatable bonds is 6. The van der Waals surface area contributed by atoms with Crippen molar-refractivity contribution in [1.82, 2.24) is 5.32 Å². The number of fused-ring (bicyclic) bond motifs is 3. The number of anilines is 2. The molecule has 164 valence electrons. The molecule has 3 aliphatic rings. The number of benzene rings is 1.